The third-order valence-corrected chi connectivity index (χ3v) is 8.23. The monoisotopic (exact) mass is 354 g/mol. The molecule has 0 spiro atoms. The van der Waals surface area contributed by atoms with E-state index in [1.54, 1.807) is 0 Å². The van der Waals surface area contributed by atoms with Gasteiger partial charge in [0.05, 0.1) is 0 Å². The van der Waals surface area contributed by atoms with Crippen LogP contribution >= 0.6 is 83.9 Å². The van der Waals surface area contributed by atoms with Crippen molar-refractivity contribution >= 4 is 83.9 Å². The van der Waals surface area contributed by atoms with E-state index < -0.39 is 4.01 Å². The molecule has 0 aromatic carbocycles. The number of unbranched alkanes of at least 4 members (excludes halogenated alkanes) is 1. The molecule has 0 fully saturated rings. The fourth-order valence-corrected chi connectivity index (χ4v) is 5.27. The Balaban J connectivity index is 4.45. The number of thioether (sulfide) groups is 1. The van der Waals surface area contributed by atoms with E-state index in [1.807, 2.05) is 0 Å². The van der Waals surface area contributed by atoms with Crippen molar-refractivity contribution in [3.05, 3.63) is 9.14 Å². The average Bonchev–Trinajstić information content (AvgIpc) is 2.00. The fraction of sp³-hybridized carbons (Fsp3) is 0.667. The van der Waals surface area contributed by atoms with Gasteiger partial charge in [0.1, 0.15) is 0 Å². The van der Waals surface area contributed by atoms with E-state index in [1.165, 1.54) is 11.8 Å². The molecule has 0 aliphatic rings. The third-order valence-electron chi connectivity index (χ3n) is 1.19. The first-order chi connectivity index (χ1) is 6.15. The van der Waals surface area contributed by atoms with Gasteiger partial charge in [0.15, 0.2) is 0 Å². The molecular weight excluding hydrogens is 348 g/mol. The van der Waals surface area contributed by atoms with Crippen LogP contribution in [0.4, 0.5) is 0 Å². The Labute approximate surface area is 118 Å². The van der Waals surface area contributed by atoms with E-state index in [0.717, 1.165) is 18.6 Å². The van der Waals surface area contributed by atoms with Gasteiger partial charge in [-0.25, -0.2) is 0 Å². The molecule has 0 aliphatic carbocycles. The maximum absolute atomic E-state index is 5.85. The molecule has 0 atom stereocenters. The van der Waals surface area contributed by atoms with Crippen LogP contribution in [-0.4, -0.2) is 5.75 Å². The molecule has 0 aromatic rings. The number of hydrogen-bond donors (Lipinski definition) is 0. The van der Waals surface area contributed by atoms with Crippen molar-refractivity contribution in [3.63, 3.8) is 0 Å². The summed E-state index contributed by atoms with van der Waals surface area (Å²) in [6.45, 7) is 2.08. The summed E-state index contributed by atoms with van der Waals surface area (Å²) in [7, 11) is 0. The van der Waals surface area contributed by atoms with Crippen LogP contribution in [0.3, 0.4) is 0 Å². The standard InChI is InChI=1S/C6H9Cl6PS/c1-2-3-4-14-6(8)5(7)13(9,10,11)12/h2-4H2,1H3/b6-5+. The van der Waals surface area contributed by atoms with Crippen LogP contribution in [0.15, 0.2) is 9.14 Å². The van der Waals surface area contributed by atoms with E-state index in [0.29, 0.717) is 0 Å². The summed E-state index contributed by atoms with van der Waals surface area (Å²) in [6, 6.07) is 0. The van der Waals surface area contributed by atoms with Crippen LogP contribution in [0, 0.1) is 0 Å². The van der Waals surface area contributed by atoms with E-state index >= 15 is 0 Å². The van der Waals surface area contributed by atoms with E-state index in [2.05, 4.69) is 6.92 Å². The molecule has 0 saturated heterocycles. The number of rotatable bonds is 5. The van der Waals surface area contributed by atoms with Crippen molar-refractivity contribution in [2.24, 2.45) is 0 Å². The predicted molar refractivity (Wildman–Crippen MR) is 76.4 cm³/mol. The topological polar surface area (TPSA) is 0 Å². The fourth-order valence-electron chi connectivity index (χ4n) is 0.499. The zero-order valence-electron chi connectivity index (χ0n) is 7.24. The third kappa shape index (κ3) is 6.76. The molecule has 0 nitrogen and oxygen atoms in total. The van der Waals surface area contributed by atoms with Crippen LogP contribution in [0.25, 0.3) is 0 Å². The van der Waals surface area contributed by atoms with Crippen molar-refractivity contribution in [2.75, 3.05) is 5.75 Å². The summed E-state index contributed by atoms with van der Waals surface area (Å²) in [5.41, 5.74) is 0. The van der Waals surface area contributed by atoms with Crippen LogP contribution in [0.2, 0.25) is 0 Å². The second kappa shape index (κ2) is 6.26. The Bertz CT molecular complexity index is 223. The summed E-state index contributed by atoms with van der Waals surface area (Å²) in [5.74, 6) is 0.833. The van der Waals surface area contributed by atoms with Crippen LogP contribution in [-0.2, 0) is 0 Å². The summed E-state index contributed by atoms with van der Waals surface area (Å²) in [5, 5.41) is 0. The maximum atomic E-state index is 5.85. The minimum absolute atomic E-state index is 0.0505. The first kappa shape index (κ1) is 16.3. The molecule has 0 amide bonds. The summed E-state index contributed by atoms with van der Waals surface area (Å²) >= 11 is 35.7. The molecule has 0 aromatic heterocycles. The average molecular weight is 357 g/mol. The molecule has 0 aliphatic heterocycles. The normalized spacial score (nSPS) is 17.2. The summed E-state index contributed by atoms with van der Waals surface area (Å²) < 4.78 is -3.74. The second-order valence-electron chi connectivity index (χ2n) is 2.49. The molecule has 86 valence electrons. The molecule has 14 heavy (non-hydrogen) atoms. The van der Waals surface area contributed by atoms with E-state index in [-0.39, 0.29) is 9.14 Å². The van der Waals surface area contributed by atoms with Gasteiger partial charge in [0, 0.05) is 0 Å². The Hall–Kier alpha value is 2.26. The van der Waals surface area contributed by atoms with E-state index in [9.17, 15) is 0 Å². The van der Waals surface area contributed by atoms with Crippen molar-refractivity contribution in [1.82, 2.24) is 0 Å². The van der Waals surface area contributed by atoms with Gasteiger partial charge in [-0.05, 0) is 0 Å². The Morgan fingerprint density at radius 1 is 1.14 bits per heavy atom. The molecule has 0 rings (SSSR count). The van der Waals surface area contributed by atoms with Crippen LogP contribution < -0.4 is 0 Å². The molecular formula is C6H9Cl6PS. The van der Waals surface area contributed by atoms with Gasteiger partial charge in [-0.2, -0.15) is 0 Å². The molecule has 8 heteroatoms. The molecule has 0 N–H and O–H groups in total. The quantitative estimate of drug-likeness (QED) is 0.368. The predicted octanol–water partition coefficient (Wildman–Crippen LogP) is 7.29. The first-order valence-electron chi connectivity index (χ1n) is 3.73. The van der Waals surface area contributed by atoms with Gasteiger partial charge in [0.2, 0.25) is 0 Å². The van der Waals surface area contributed by atoms with Gasteiger partial charge < -0.3 is 0 Å². The minimum atomic E-state index is -3.96. The van der Waals surface area contributed by atoms with Crippen LogP contribution in [0.1, 0.15) is 19.8 Å². The van der Waals surface area contributed by atoms with Crippen molar-refractivity contribution in [2.45, 2.75) is 19.8 Å². The molecule has 0 radical (unpaired) electrons. The zero-order valence-corrected chi connectivity index (χ0v) is 13.5. The van der Waals surface area contributed by atoms with Crippen molar-refractivity contribution in [3.8, 4) is 0 Å². The Kier molecular flexibility index (Phi) is 7.27. The Morgan fingerprint density at radius 3 is 2.00 bits per heavy atom. The SMILES string of the molecule is CCCCS/C(Cl)=C(\Cl)P(Cl)(Cl)(Cl)Cl. The van der Waals surface area contributed by atoms with Gasteiger partial charge in [-0.3, -0.25) is 0 Å². The van der Waals surface area contributed by atoms with Gasteiger partial charge in [0.25, 0.3) is 0 Å². The molecule has 0 heterocycles. The van der Waals surface area contributed by atoms with Crippen molar-refractivity contribution in [1.29, 1.82) is 0 Å². The number of hydrogen-bond acceptors (Lipinski definition) is 1. The van der Waals surface area contributed by atoms with Gasteiger partial charge in [-0.1, -0.05) is 0 Å². The van der Waals surface area contributed by atoms with Gasteiger partial charge in [-0.15, -0.1) is 0 Å². The zero-order chi connectivity index (χ0) is 11.4. The van der Waals surface area contributed by atoms with E-state index in [4.69, 9.17) is 68.2 Å². The summed E-state index contributed by atoms with van der Waals surface area (Å²) in [4.78, 5) is 0. The molecule has 0 saturated carbocycles. The number of halogens is 6. The molecule has 0 bridgehead atoms. The van der Waals surface area contributed by atoms with Crippen molar-refractivity contribution < 1.29 is 0 Å². The Morgan fingerprint density at radius 2 is 1.64 bits per heavy atom. The second-order valence-corrected chi connectivity index (χ2v) is 18.0. The summed E-state index contributed by atoms with van der Waals surface area (Å²) in [6.07, 6.45) is 2.10. The van der Waals surface area contributed by atoms with Crippen LogP contribution in [0.5, 0.6) is 0 Å². The molecule has 0 unspecified atom stereocenters. The van der Waals surface area contributed by atoms with Gasteiger partial charge >= 0.3 is 119 Å². The first-order valence-corrected chi connectivity index (χ1v) is 11.3.